The Bertz CT molecular complexity index is 710. The van der Waals surface area contributed by atoms with Gasteiger partial charge in [-0.2, -0.15) is 0 Å². The Morgan fingerprint density at radius 2 is 1.79 bits per heavy atom. The van der Waals surface area contributed by atoms with Crippen molar-refractivity contribution in [1.82, 2.24) is 20.0 Å². The SMILES string of the molecule is CN1CCCC2CN(C(=O)NC3CCN(C(=O)CCc4ccccc4)C3)CCC21. The molecule has 1 N–H and O–H groups in total. The highest BCUT2D eigenvalue weighted by atomic mass is 16.2. The lowest BCUT2D eigenvalue weighted by atomic mass is 9.84. The van der Waals surface area contributed by atoms with E-state index in [1.165, 1.54) is 24.9 Å². The Morgan fingerprint density at radius 3 is 2.62 bits per heavy atom. The number of rotatable bonds is 4. The van der Waals surface area contributed by atoms with Gasteiger partial charge in [0.05, 0.1) is 0 Å². The Kier molecular flexibility index (Phi) is 6.38. The van der Waals surface area contributed by atoms with E-state index in [0.717, 1.165) is 38.9 Å². The van der Waals surface area contributed by atoms with Gasteiger partial charge in [-0.25, -0.2) is 4.79 Å². The van der Waals surface area contributed by atoms with Crippen molar-refractivity contribution in [3.63, 3.8) is 0 Å². The summed E-state index contributed by atoms with van der Waals surface area (Å²) in [4.78, 5) is 31.7. The number of piperidine rings is 2. The lowest BCUT2D eigenvalue weighted by Crippen LogP contribution is -2.56. The second kappa shape index (κ2) is 9.16. The van der Waals surface area contributed by atoms with Crippen LogP contribution in [0, 0.1) is 5.92 Å². The lowest BCUT2D eigenvalue weighted by molar-refractivity contribution is -0.130. The number of benzene rings is 1. The Hall–Kier alpha value is -2.08. The predicted molar refractivity (Wildman–Crippen MR) is 114 cm³/mol. The number of aryl methyl sites for hydroxylation is 1. The van der Waals surface area contributed by atoms with Crippen molar-refractivity contribution in [3.05, 3.63) is 35.9 Å². The predicted octanol–water partition coefficient (Wildman–Crippen LogP) is 2.35. The number of amides is 3. The number of fused-ring (bicyclic) bond motifs is 1. The van der Waals surface area contributed by atoms with Gasteiger partial charge in [-0.3, -0.25) is 4.79 Å². The molecule has 3 amide bonds. The summed E-state index contributed by atoms with van der Waals surface area (Å²) < 4.78 is 0. The molecule has 0 aliphatic carbocycles. The molecule has 3 saturated heterocycles. The second-order valence-corrected chi connectivity index (χ2v) is 8.95. The summed E-state index contributed by atoms with van der Waals surface area (Å²) in [5.74, 6) is 0.796. The number of likely N-dealkylation sites (tertiary alicyclic amines) is 3. The van der Waals surface area contributed by atoms with Crippen LogP contribution in [0.25, 0.3) is 0 Å². The van der Waals surface area contributed by atoms with Crippen molar-refractivity contribution >= 4 is 11.9 Å². The van der Waals surface area contributed by atoms with Crippen LogP contribution in [0.2, 0.25) is 0 Å². The van der Waals surface area contributed by atoms with Crippen molar-refractivity contribution in [3.8, 4) is 0 Å². The van der Waals surface area contributed by atoms with E-state index in [1.54, 1.807) is 0 Å². The Balaban J connectivity index is 1.21. The van der Waals surface area contributed by atoms with Gasteiger partial charge >= 0.3 is 6.03 Å². The van der Waals surface area contributed by atoms with Gasteiger partial charge in [-0.05, 0) is 57.2 Å². The summed E-state index contributed by atoms with van der Waals surface area (Å²) in [5.41, 5.74) is 1.20. The highest BCUT2D eigenvalue weighted by Gasteiger charge is 2.36. The van der Waals surface area contributed by atoms with Crippen LogP contribution in [-0.4, -0.2) is 78.5 Å². The molecule has 6 heteroatoms. The molecule has 1 aromatic rings. The molecule has 3 unspecified atom stereocenters. The average Bonchev–Trinajstić information content (AvgIpc) is 3.21. The number of nitrogens with one attached hydrogen (secondary N) is 1. The van der Waals surface area contributed by atoms with E-state index in [4.69, 9.17) is 0 Å². The summed E-state index contributed by atoms with van der Waals surface area (Å²) >= 11 is 0. The Labute approximate surface area is 174 Å². The molecule has 3 aliphatic heterocycles. The van der Waals surface area contributed by atoms with Gasteiger partial charge in [0, 0.05) is 44.7 Å². The van der Waals surface area contributed by atoms with Gasteiger partial charge in [-0.15, -0.1) is 0 Å². The first-order valence-electron chi connectivity index (χ1n) is 11.2. The highest BCUT2D eigenvalue weighted by Crippen LogP contribution is 2.29. The number of carbonyl (C=O) groups excluding carboxylic acids is 2. The summed E-state index contributed by atoms with van der Waals surface area (Å²) in [6.07, 6.45) is 5.70. The minimum Gasteiger partial charge on any atom is -0.341 e. The lowest BCUT2D eigenvalue weighted by Gasteiger charge is -2.46. The van der Waals surface area contributed by atoms with E-state index in [9.17, 15) is 9.59 Å². The van der Waals surface area contributed by atoms with Crippen LogP contribution in [0.5, 0.6) is 0 Å². The molecule has 158 valence electrons. The number of hydrogen-bond donors (Lipinski definition) is 1. The topological polar surface area (TPSA) is 55.9 Å². The molecule has 0 radical (unpaired) electrons. The minimum atomic E-state index is 0.0558. The molecule has 0 saturated carbocycles. The number of carbonyl (C=O) groups is 2. The van der Waals surface area contributed by atoms with E-state index in [-0.39, 0.29) is 18.0 Å². The van der Waals surface area contributed by atoms with Crippen molar-refractivity contribution in [1.29, 1.82) is 0 Å². The zero-order valence-corrected chi connectivity index (χ0v) is 17.6. The standard InChI is InChI=1S/C23H34N4O2/c1-25-13-5-8-19-16-27(15-12-21(19)25)23(29)24-20-11-14-26(17-20)22(28)10-9-18-6-3-2-4-7-18/h2-4,6-7,19-21H,5,8-17H2,1H3,(H,24,29). The molecule has 3 heterocycles. The molecule has 0 aromatic heterocycles. The number of nitrogens with zero attached hydrogens (tertiary/aromatic N) is 3. The van der Waals surface area contributed by atoms with Crippen LogP contribution in [0.3, 0.4) is 0 Å². The maximum atomic E-state index is 12.8. The van der Waals surface area contributed by atoms with E-state index in [0.29, 0.717) is 24.9 Å². The largest absolute Gasteiger partial charge is 0.341 e. The Morgan fingerprint density at radius 1 is 1.00 bits per heavy atom. The fourth-order valence-electron chi connectivity index (χ4n) is 5.26. The molecule has 3 aliphatic rings. The number of hydrogen-bond acceptors (Lipinski definition) is 3. The van der Waals surface area contributed by atoms with Crippen LogP contribution in [0.1, 0.15) is 37.7 Å². The first-order valence-corrected chi connectivity index (χ1v) is 11.2. The zero-order chi connectivity index (χ0) is 20.2. The van der Waals surface area contributed by atoms with Gasteiger partial charge in [0.2, 0.25) is 5.91 Å². The fraction of sp³-hybridized carbons (Fsp3) is 0.652. The average molecular weight is 399 g/mol. The molecule has 4 rings (SSSR count). The number of urea groups is 1. The van der Waals surface area contributed by atoms with Crippen molar-refractivity contribution in [2.24, 2.45) is 5.92 Å². The third-order valence-electron chi connectivity index (χ3n) is 6.97. The molecule has 0 bridgehead atoms. The van der Waals surface area contributed by atoms with E-state index in [1.807, 2.05) is 28.0 Å². The monoisotopic (exact) mass is 398 g/mol. The summed E-state index contributed by atoms with van der Waals surface area (Å²) in [7, 11) is 2.22. The van der Waals surface area contributed by atoms with Crippen LogP contribution in [-0.2, 0) is 11.2 Å². The van der Waals surface area contributed by atoms with Crippen molar-refractivity contribution in [2.45, 2.75) is 50.6 Å². The maximum Gasteiger partial charge on any atom is 0.317 e. The van der Waals surface area contributed by atoms with Crippen LogP contribution < -0.4 is 5.32 Å². The first-order chi connectivity index (χ1) is 14.1. The molecule has 1 aromatic carbocycles. The zero-order valence-electron chi connectivity index (χ0n) is 17.6. The van der Waals surface area contributed by atoms with Gasteiger partial charge < -0.3 is 20.0 Å². The molecule has 0 spiro atoms. The van der Waals surface area contributed by atoms with Crippen molar-refractivity contribution < 1.29 is 9.59 Å². The highest BCUT2D eigenvalue weighted by molar-refractivity contribution is 5.78. The molecular formula is C23H34N4O2. The second-order valence-electron chi connectivity index (χ2n) is 8.95. The maximum absolute atomic E-state index is 12.8. The van der Waals surface area contributed by atoms with Crippen molar-refractivity contribution in [2.75, 3.05) is 39.8 Å². The van der Waals surface area contributed by atoms with E-state index in [2.05, 4.69) is 29.4 Å². The van der Waals surface area contributed by atoms with Gasteiger partial charge in [-0.1, -0.05) is 30.3 Å². The molecule has 6 nitrogen and oxygen atoms in total. The smallest absolute Gasteiger partial charge is 0.317 e. The summed E-state index contributed by atoms with van der Waals surface area (Å²) in [6.45, 7) is 4.27. The third-order valence-corrected chi connectivity index (χ3v) is 6.97. The molecule has 29 heavy (non-hydrogen) atoms. The summed E-state index contributed by atoms with van der Waals surface area (Å²) in [5, 5.41) is 3.19. The fourth-order valence-corrected chi connectivity index (χ4v) is 5.26. The molecular weight excluding hydrogens is 364 g/mol. The van der Waals surface area contributed by atoms with E-state index < -0.39 is 0 Å². The first kappa shape index (κ1) is 20.2. The molecule has 3 fully saturated rings. The summed E-state index contributed by atoms with van der Waals surface area (Å²) in [6, 6.07) is 10.9. The van der Waals surface area contributed by atoms with E-state index >= 15 is 0 Å². The van der Waals surface area contributed by atoms with Crippen LogP contribution in [0.4, 0.5) is 4.79 Å². The van der Waals surface area contributed by atoms with Crippen LogP contribution >= 0.6 is 0 Å². The van der Waals surface area contributed by atoms with Crippen LogP contribution in [0.15, 0.2) is 30.3 Å². The quantitative estimate of drug-likeness (QED) is 0.847. The van der Waals surface area contributed by atoms with Gasteiger partial charge in [0.15, 0.2) is 0 Å². The minimum absolute atomic E-state index is 0.0558. The molecule has 3 atom stereocenters. The third kappa shape index (κ3) is 4.92. The van der Waals surface area contributed by atoms with Gasteiger partial charge in [0.1, 0.15) is 0 Å². The normalized spacial score (nSPS) is 27.6. The van der Waals surface area contributed by atoms with Gasteiger partial charge in [0.25, 0.3) is 0 Å².